The van der Waals surface area contributed by atoms with Gasteiger partial charge in [0, 0.05) is 13.1 Å². The average molecular weight is 242 g/mol. The van der Waals surface area contributed by atoms with Crippen LogP contribution >= 0.6 is 0 Å². The Bertz CT molecular complexity index is 260. The molecule has 5 nitrogen and oxygen atoms in total. The van der Waals surface area contributed by atoms with E-state index in [1.54, 1.807) is 0 Å². The van der Waals surface area contributed by atoms with Crippen LogP contribution in [0.1, 0.15) is 32.6 Å². The highest BCUT2D eigenvalue weighted by Crippen LogP contribution is 2.08. The summed E-state index contributed by atoms with van der Waals surface area (Å²) in [4.78, 5) is 24.3. The number of hydrogen-bond acceptors (Lipinski definition) is 3. The van der Waals surface area contributed by atoms with Crippen molar-refractivity contribution in [3.05, 3.63) is 0 Å². The van der Waals surface area contributed by atoms with Crippen LogP contribution in [0.25, 0.3) is 0 Å². The molecule has 1 heterocycles. The number of rotatable bonds is 5. The second-order valence-electron chi connectivity index (χ2n) is 4.61. The van der Waals surface area contributed by atoms with Crippen molar-refractivity contribution in [3.63, 3.8) is 0 Å². The van der Waals surface area contributed by atoms with Crippen molar-refractivity contribution in [3.8, 4) is 0 Å². The fraction of sp³-hybridized carbons (Fsp3) is 0.833. The van der Waals surface area contributed by atoms with E-state index in [1.165, 1.54) is 32.6 Å². The van der Waals surface area contributed by atoms with E-state index in [4.69, 9.17) is 5.11 Å². The van der Waals surface area contributed by atoms with Gasteiger partial charge < -0.3 is 15.3 Å². The number of carbonyl (C=O) groups is 2. The van der Waals surface area contributed by atoms with E-state index in [0.29, 0.717) is 6.54 Å². The summed E-state index contributed by atoms with van der Waals surface area (Å²) in [6.45, 7) is 4.94. The molecule has 1 fully saturated rings. The SMILES string of the molecule is CC(C(=O)O)C(=O)NCCN1CCCCCC1. The zero-order chi connectivity index (χ0) is 12.7. The molecule has 0 radical (unpaired) electrons. The molecule has 1 unspecified atom stereocenters. The topological polar surface area (TPSA) is 69.6 Å². The Morgan fingerprint density at radius 2 is 1.82 bits per heavy atom. The summed E-state index contributed by atoms with van der Waals surface area (Å²) in [6.07, 6.45) is 5.02. The van der Waals surface area contributed by atoms with Crippen LogP contribution < -0.4 is 5.32 Å². The third-order valence-electron chi connectivity index (χ3n) is 3.19. The lowest BCUT2D eigenvalue weighted by Gasteiger charge is -2.20. The second kappa shape index (κ2) is 7.27. The smallest absolute Gasteiger partial charge is 0.315 e. The molecular formula is C12H22N2O3. The molecule has 0 aromatic rings. The fourth-order valence-corrected chi connectivity index (χ4v) is 1.96. The molecule has 0 aromatic carbocycles. The van der Waals surface area contributed by atoms with Crippen LogP contribution in [0.2, 0.25) is 0 Å². The Labute approximate surface area is 102 Å². The molecule has 1 aliphatic rings. The van der Waals surface area contributed by atoms with Gasteiger partial charge in [0.25, 0.3) is 0 Å². The number of amides is 1. The maximum Gasteiger partial charge on any atom is 0.315 e. The third kappa shape index (κ3) is 5.17. The first-order valence-corrected chi connectivity index (χ1v) is 6.34. The van der Waals surface area contributed by atoms with Crippen molar-refractivity contribution in [2.75, 3.05) is 26.2 Å². The monoisotopic (exact) mass is 242 g/mol. The molecule has 5 heteroatoms. The van der Waals surface area contributed by atoms with Crippen LogP contribution in [0.5, 0.6) is 0 Å². The van der Waals surface area contributed by atoms with Gasteiger partial charge in [0.1, 0.15) is 5.92 Å². The molecule has 98 valence electrons. The minimum atomic E-state index is -1.07. The van der Waals surface area contributed by atoms with Crippen molar-refractivity contribution in [1.29, 1.82) is 0 Å². The molecule has 1 amide bonds. The largest absolute Gasteiger partial charge is 0.481 e. The predicted molar refractivity (Wildman–Crippen MR) is 64.7 cm³/mol. The normalized spacial score (nSPS) is 19.4. The Morgan fingerprint density at radius 1 is 1.24 bits per heavy atom. The highest BCUT2D eigenvalue weighted by molar-refractivity contribution is 5.96. The summed E-state index contributed by atoms with van der Waals surface area (Å²) < 4.78 is 0. The van der Waals surface area contributed by atoms with Gasteiger partial charge in [0.15, 0.2) is 0 Å². The first-order chi connectivity index (χ1) is 8.11. The van der Waals surface area contributed by atoms with E-state index in [2.05, 4.69) is 10.2 Å². The first-order valence-electron chi connectivity index (χ1n) is 6.34. The summed E-state index contributed by atoms with van der Waals surface area (Å²) in [5, 5.41) is 11.3. The number of carboxylic acid groups (broad SMARTS) is 1. The maximum atomic E-state index is 11.4. The number of carbonyl (C=O) groups excluding carboxylic acids is 1. The van der Waals surface area contributed by atoms with Crippen LogP contribution in [-0.4, -0.2) is 48.1 Å². The van der Waals surface area contributed by atoms with Crippen LogP contribution in [-0.2, 0) is 9.59 Å². The second-order valence-corrected chi connectivity index (χ2v) is 4.61. The summed E-state index contributed by atoms with van der Waals surface area (Å²) in [5.41, 5.74) is 0. The van der Waals surface area contributed by atoms with Gasteiger partial charge in [-0.3, -0.25) is 9.59 Å². The molecule has 1 aliphatic heterocycles. The van der Waals surface area contributed by atoms with Crippen molar-refractivity contribution < 1.29 is 14.7 Å². The predicted octanol–water partition coefficient (Wildman–Crippen LogP) is 0.699. The minimum Gasteiger partial charge on any atom is -0.481 e. The molecule has 1 atom stereocenters. The van der Waals surface area contributed by atoms with Crippen molar-refractivity contribution in [2.24, 2.45) is 5.92 Å². The molecule has 0 spiro atoms. The van der Waals surface area contributed by atoms with E-state index < -0.39 is 17.8 Å². The molecule has 17 heavy (non-hydrogen) atoms. The fourth-order valence-electron chi connectivity index (χ4n) is 1.96. The van der Waals surface area contributed by atoms with Crippen LogP contribution in [0.15, 0.2) is 0 Å². The van der Waals surface area contributed by atoms with Gasteiger partial charge >= 0.3 is 5.97 Å². The van der Waals surface area contributed by atoms with E-state index in [1.807, 2.05) is 0 Å². The number of aliphatic carboxylic acids is 1. The van der Waals surface area contributed by atoms with Crippen LogP contribution in [0.3, 0.4) is 0 Å². The zero-order valence-electron chi connectivity index (χ0n) is 10.4. The van der Waals surface area contributed by atoms with E-state index in [9.17, 15) is 9.59 Å². The van der Waals surface area contributed by atoms with Gasteiger partial charge in [-0.05, 0) is 32.9 Å². The third-order valence-corrected chi connectivity index (χ3v) is 3.19. The van der Waals surface area contributed by atoms with Crippen molar-refractivity contribution in [2.45, 2.75) is 32.6 Å². The molecule has 1 saturated heterocycles. The summed E-state index contributed by atoms with van der Waals surface area (Å²) in [7, 11) is 0. The number of carboxylic acids is 1. The summed E-state index contributed by atoms with van der Waals surface area (Å²) >= 11 is 0. The number of hydrogen-bond donors (Lipinski definition) is 2. The van der Waals surface area contributed by atoms with Gasteiger partial charge in [-0.2, -0.15) is 0 Å². The van der Waals surface area contributed by atoms with Gasteiger partial charge in [0.05, 0.1) is 0 Å². The number of likely N-dealkylation sites (tertiary alicyclic amines) is 1. The minimum absolute atomic E-state index is 0.396. The highest BCUT2D eigenvalue weighted by atomic mass is 16.4. The Hall–Kier alpha value is -1.10. The molecule has 0 bridgehead atoms. The number of nitrogens with one attached hydrogen (secondary N) is 1. The van der Waals surface area contributed by atoms with Gasteiger partial charge in [0.2, 0.25) is 5.91 Å². The molecule has 1 rings (SSSR count). The average Bonchev–Trinajstić information content (AvgIpc) is 2.56. The molecule has 2 N–H and O–H groups in total. The Kier molecular flexibility index (Phi) is 5.97. The van der Waals surface area contributed by atoms with Gasteiger partial charge in [-0.15, -0.1) is 0 Å². The van der Waals surface area contributed by atoms with Crippen LogP contribution in [0, 0.1) is 5.92 Å². The lowest BCUT2D eigenvalue weighted by molar-refractivity contribution is -0.146. The van der Waals surface area contributed by atoms with E-state index >= 15 is 0 Å². The summed E-state index contributed by atoms with van der Waals surface area (Å²) in [6, 6.07) is 0. The standard InChI is InChI=1S/C12H22N2O3/c1-10(12(16)17)11(15)13-6-9-14-7-4-2-3-5-8-14/h10H,2-9H2,1H3,(H,13,15)(H,16,17). The van der Waals surface area contributed by atoms with E-state index in [0.717, 1.165) is 19.6 Å². The molecule has 0 saturated carbocycles. The quantitative estimate of drug-likeness (QED) is 0.696. The molecular weight excluding hydrogens is 220 g/mol. The van der Waals surface area contributed by atoms with Gasteiger partial charge in [-0.1, -0.05) is 12.8 Å². The van der Waals surface area contributed by atoms with Gasteiger partial charge in [-0.25, -0.2) is 0 Å². The molecule has 0 aromatic heterocycles. The maximum absolute atomic E-state index is 11.4. The van der Waals surface area contributed by atoms with Crippen molar-refractivity contribution in [1.82, 2.24) is 10.2 Å². The Balaban J connectivity index is 2.18. The Morgan fingerprint density at radius 3 is 2.35 bits per heavy atom. The highest BCUT2D eigenvalue weighted by Gasteiger charge is 2.19. The van der Waals surface area contributed by atoms with Crippen LogP contribution in [0.4, 0.5) is 0 Å². The molecule has 0 aliphatic carbocycles. The zero-order valence-corrected chi connectivity index (χ0v) is 10.4. The number of nitrogens with zero attached hydrogens (tertiary/aromatic N) is 1. The van der Waals surface area contributed by atoms with E-state index in [-0.39, 0.29) is 0 Å². The lowest BCUT2D eigenvalue weighted by atomic mass is 10.2. The first kappa shape index (κ1) is 14.0. The van der Waals surface area contributed by atoms with Crippen molar-refractivity contribution >= 4 is 11.9 Å². The lowest BCUT2D eigenvalue weighted by Crippen LogP contribution is -2.39. The summed E-state index contributed by atoms with van der Waals surface area (Å²) in [5.74, 6) is -2.43.